The molecule has 98 valence electrons. The van der Waals surface area contributed by atoms with E-state index in [-0.39, 0.29) is 11.4 Å². The van der Waals surface area contributed by atoms with Crippen LogP contribution in [0.5, 0.6) is 0 Å². The summed E-state index contributed by atoms with van der Waals surface area (Å²) in [7, 11) is 1.87. The summed E-state index contributed by atoms with van der Waals surface area (Å²) >= 11 is 0. The Bertz CT molecular complexity index is 453. The van der Waals surface area contributed by atoms with E-state index in [4.69, 9.17) is 0 Å². The van der Waals surface area contributed by atoms with Crippen molar-refractivity contribution in [2.75, 3.05) is 31.6 Å². The normalized spacial score (nSPS) is 19.2. The van der Waals surface area contributed by atoms with Gasteiger partial charge >= 0.3 is 0 Å². The lowest BCUT2D eigenvalue weighted by Crippen LogP contribution is -2.25. The molecule has 1 saturated heterocycles. The van der Waals surface area contributed by atoms with Crippen LogP contribution >= 0.6 is 0 Å². The summed E-state index contributed by atoms with van der Waals surface area (Å²) in [6.07, 6.45) is 0.923. The van der Waals surface area contributed by atoms with E-state index in [2.05, 4.69) is 5.32 Å². The van der Waals surface area contributed by atoms with Gasteiger partial charge in [0.15, 0.2) is 11.5 Å². The van der Waals surface area contributed by atoms with E-state index in [1.165, 1.54) is 18.2 Å². The van der Waals surface area contributed by atoms with Gasteiger partial charge in [-0.3, -0.25) is 10.1 Å². The minimum atomic E-state index is -0.524. The number of rotatable bonds is 4. The maximum absolute atomic E-state index is 13.8. The van der Waals surface area contributed by atoms with Gasteiger partial charge in [0.2, 0.25) is 0 Å². The minimum absolute atomic E-state index is 0.126. The monoisotopic (exact) mass is 253 g/mol. The number of nitro groups is 1. The average molecular weight is 253 g/mol. The highest BCUT2D eigenvalue weighted by molar-refractivity contribution is 5.64. The van der Waals surface area contributed by atoms with Crippen LogP contribution in [-0.4, -0.2) is 31.6 Å². The van der Waals surface area contributed by atoms with Crippen LogP contribution < -0.4 is 10.2 Å². The van der Waals surface area contributed by atoms with Crippen molar-refractivity contribution in [2.45, 2.75) is 6.42 Å². The first-order valence-electron chi connectivity index (χ1n) is 5.96. The smallest absolute Gasteiger partial charge is 0.295 e. The number of halogens is 1. The number of hydrogen-bond donors (Lipinski definition) is 1. The minimum Gasteiger partial charge on any atom is -0.363 e. The van der Waals surface area contributed by atoms with Gasteiger partial charge in [-0.05, 0) is 32.0 Å². The summed E-state index contributed by atoms with van der Waals surface area (Å²) in [5, 5.41) is 14.0. The third kappa shape index (κ3) is 2.43. The number of nitrogens with one attached hydrogen (secondary N) is 1. The van der Waals surface area contributed by atoms with E-state index in [1.807, 2.05) is 7.05 Å². The zero-order valence-corrected chi connectivity index (χ0v) is 10.2. The highest BCUT2D eigenvalue weighted by atomic mass is 19.1. The molecule has 0 saturated carbocycles. The van der Waals surface area contributed by atoms with Crippen molar-refractivity contribution >= 4 is 11.4 Å². The maximum Gasteiger partial charge on any atom is 0.295 e. The molecule has 1 aliphatic rings. The van der Waals surface area contributed by atoms with Crippen LogP contribution in [0.1, 0.15) is 6.42 Å². The highest BCUT2D eigenvalue weighted by Crippen LogP contribution is 2.34. The molecular weight excluding hydrogens is 237 g/mol. The standard InChI is InChI=1S/C12H16FN3O2/c1-14-7-9-5-6-15(8-9)12-10(13)3-2-4-11(12)16(17)18/h2-4,9,14H,5-8H2,1H3. The molecule has 1 aromatic rings. The molecular formula is C12H16FN3O2. The molecule has 2 rings (SSSR count). The van der Waals surface area contributed by atoms with Gasteiger partial charge in [-0.15, -0.1) is 0 Å². The summed E-state index contributed by atoms with van der Waals surface area (Å²) in [5.74, 6) is -0.108. The molecule has 1 aromatic carbocycles. The summed E-state index contributed by atoms with van der Waals surface area (Å²) < 4.78 is 13.8. The molecule has 5 nitrogen and oxygen atoms in total. The Balaban J connectivity index is 2.26. The van der Waals surface area contributed by atoms with Gasteiger partial charge in [-0.2, -0.15) is 0 Å². The molecule has 0 aromatic heterocycles. The summed E-state index contributed by atoms with van der Waals surface area (Å²) in [6.45, 7) is 2.16. The van der Waals surface area contributed by atoms with Crippen molar-refractivity contribution in [2.24, 2.45) is 5.92 Å². The lowest BCUT2D eigenvalue weighted by Gasteiger charge is -2.19. The molecule has 0 radical (unpaired) electrons. The van der Waals surface area contributed by atoms with Crippen LogP contribution in [0.2, 0.25) is 0 Å². The molecule has 18 heavy (non-hydrogen) atoms. The second-order valence-corrected chi connectivity index (χ2v) is 4.52. The van der Waals surface area contributed by atoms with Gasteiger partial charge < -0.3 is 10.2 Å². The number of nitro benzene ring substituents is 1. The van der Waals surface area contributed by atoms with E-state index >= 15 is 0 Å². The first kappa shape index (κ1) is 12.8. The molecule has 1 atom stereocenters. The van der Waals surface area contributed by atoms with Gasteiger partial charge in [0.1, 0.15) is 0 Å². The molecule has 0 spiro atoms. The third-order valence-corrected chi connectivity index (χ3v) is 3.26. The van der Waals surface area contributed by atoms with E-state index in [9.17, 15) is 14.5 Å². The van der Waals surface area contributed by atoms with Crippen LogP contribution in [0.3, 0.4) is 0 Å². The molecule has 1 aliphatic heterocycles. The SMILES string of the molecule is CNCC1CCN(c2c(F)cccc2[N+](=O)[O-])C1. The largest absolute Gasteiger partial charge is 0.363 e. The van der Waals surface area contributed by atoms with Crippen LogP contribution in [0.15, 0.2) is 18.2 Å². The van der Waals surface area contributed by atoms with Crippen molar-refractivity contribution < 1.29 is 9.31 Å². The van der Waals surface area contributed by atoms with Crippen molar-refractivity contribution in [1.82, 2.24) is 5.32 Å². The molecule has 6 heteroatoms. The van der Waals surface area contributed by atoms with Crippen molar-refractivity contribution in [3.63, 3.8) is 0 Å². The predicted molar refractivity (Wildman–Crippen MR) is 67.3 cm³/mol. The molecule has 1 heterocycles. The van der Waals surface area contributed by atoms with E-state index in [0.717, 1.165) is 13.0 Å². The number of para-hydroxylation sites is 1. The quantitative estimate of drug-likeness (QED) is 0.656. The Kier molecular flexibility index (Phi) is 3.76. The number of benzene rings is 1. The van der Waals surface area contributed by atoms with E-state index < -0.39 is 10.7 Å². The Morgan fingerprint density at radius 2 is 2.39 bits per heavy atom. The Morgan fingerprint density at radius 3 is 3.06 bits per heavy atom. The number of hydrogen-bond acceptors (Lipinski definition) is 4. The van der Waals surface area contributed by atoms with E-state index in [0.29, 0.717) is 19.0 Å². The van der Waals surface area contributed by atoms with Gasteiger partial charge in [0, 0.05) is 19.2 Å². The second kappa shape index (κ2) is 5.30. The predicted octanol–water partition coefficient (Wildman–Crippen LogP) is 1.78. The summed E-state index contributed by atoms with van der Waals surface area (Å²) in [4.78, 5) is 12.2. The third-order valence-electron chi connectivity index (χ3n) is 3.26. The molecule has 1 fully saturated rings. The van der Waals surface area contributed by atoms with Crippen LogP contribution in [0, 0.1) is 21.8 Å². The Morgan fingerprint density at radius 1 is 1.61 bits per heavy atom. The van der Waals surface area contributed by atoms with E-state index in [1.54, 1.807) is 4.90 Å². The maximum atomic E-state index is 13.8. The first-order chi connectivity index (χ1) is 8.63. The zero-order chi connectivity index (χ0) is 13.1. The first-order valence-corrected chi connectivity index (χ1v) is 5.96. The van der Waals surface area contributed by atoms with Crippen LogP contribution in [0.4, 0.5) is 15.8 Å². The molecule has 1 unspecified atom stereocenters. The van der Waals surface area contributed by atoms with Crippen molar-refractivity contribution in [3.05, 3.63) is 34.1 Å². The van der Waals surface area contributed by atoms with Crippen LogP contribution in [0.25, 0.3) is 0 Å². The van der Waals surface area contributed by atoms with Gasteiger partial charge in [0.05, 0.1) is 4.92 Å². The number of nitrogens with zero attached hydrogens (tertiary/aromatic N) is 2. The topological polar surface area (TPSA) is 58.4 Å². The lowest BCUT2D eigenvalue weighted by atomic mass is 10.1. The molecule has 0 aliphatic carbocycles. The lowest BCUT2D eigenvalue weighted by molar-refractivity contribution is -0.384. The van der Waals surface area contributed by atoms with Crippen molar-refractivity contribution in [3.8, 4) is 0 Å². The zero-order valence-electron chi connectivity index (χ0n) is 10.2. The average Bonchev–Trinajstić information content (AvgIpc) is 2.77. The van der Waals surface area contributed by atoms with Crippen LogP contribution in [-0.2, 0) is 0 Å². The summed E-state index contributed by atoms with van der Waals surface area (Å²) in [5.41, 5.74) is -0.0267. The van der Waals surface area contributed by atoms with Gasteiger partial charge in [0.25, 0.3) is 5.69 Å². The fourth-order valence-corrected chi connectivity index (χ4v) is 2.46. The number of anilines is 1. The molecule has 0 bridgehead atoms. The molecule has 1 N–H and O–H groups in total. The van der Waals surface area contributed by atoms with Crippen molar-refractivity contribution in [1.29, 1.82) is 0 Å². The second-order valence-electron chi connectivity index (χ2n) is 4.52. The Labute approximate surface area is 105 Å². The van der Waals surface area contributed by atoms with Gasteiger partial charge in [-0.1, -0.05) is 6.07 Å². The fraction of sp³-hybridized carbons (Fsp3) is 0.500. The Hall–Kier alpha value is -1.69. The highest BCUT2D eigenvalue weighted by Gasteiger charge is 2.29. The fourth-order valence-electron chi connectivity index (χ4n) is 2.46. The van der Waals surface area contributed by atoms with Gasteiger partial charge in [-0.25, -0.2) is 4.39 Å². The molecule has 0 amide bonds. The summed E-state index contributed by atoms with van der Waals surface area (Å²) in [6, 6.07) is 4.00.